The van der Waals surface area contributed by atoms with Gasteiger partial charge in [0.15, 0.2) is 5.96 Å². The Morgan fingerprint density at radius 1 is 1.46 bits per heavy atom. The Morgan fingerprint density at radius 2 is 2.08 bits per heavy atom. The van der Waals surface area contributed by atoms with Crippen LogP contribution in [0.15, 0.2) is 4.99 Å². The number of nitrogens with two attached hydrogens (primary N) is 1. The molecule has 0 unspecified atom stereocenters. The molecule has 0 amide bonds. The van der Waals surface area contributed by atoms with Crippen molar-refractivity contribution in [3.05, 3.63) is 0 Å². The van der Waals surface area contributed by atoms with Gasteiger partial charge in [0.2, 0.25) is 0 Å². The van der Waals surface area contributed by atoms with Crippen molar-refractivity contribution in [2.24, 2.45) is 16.6 Å². The molecule has 78 valence electrons. The van der Waals surface area contributed by atoms with E-state index in [-0.39, 0.29) is 0 Å². The first-order chi connectivity index (χ1) is 6.07. The Balaban J connectivity index is 3.79. The minimum Gasteiger partial charge on any atom is -0.370 e. The molecule has 0 saturated heterocycles. The maximum absolute atomic E-state index is 5.78. The molecule has 2 N–H and O–H groups in total. The largest absolute Gasteiger partial charge is 0.370 e. The molecule has 3 nitrogen and oxygen atoms in total. The third kappa shape index (κ3) is 6.43. The van der Waals surface area contributed by atoms with Gasteiger partial charge in [0.1, 0.15) is 0 Å². The lowest BCUT2D eigenvalue weighted by molar-refractivity contribution is 0.475. The average Bonchev–Trinajstić information content (AvgIpc) is 2.10. The Kier molecular flexibility index (Phi) is 6.37. The van der Waals surface area contributed by atoms with E-state index in [4.69, 9.17) is 5.73 Å². The first kappa shape index (κ1) is 12.3. The molecule has 0 aliphatic heterocycles. The summed E-state index contributed by atoms with van der Waals surface area (Å²) in [5.41, 5.74) is 5.78. The maximum atomic E-state index is 5.78. The molecular formula is C10H23N3. The van der Waals surface area contributed by atoms with E-state index in [9.17, 15) is 0 Å². The van der Waals surface area contributed by atoms with Crippen LogP contribution in [0.1, 0.15) is 33.6 Å². The summed E-state index contributed by atoms with van der Waals surface area (Å²) in [6, 6.07) is 0. The maximum Gasteiger partial charge on any atom is 0.190 e. The van der Waals surface area contributed by atoms with Gasteiger partial charge < -0.3 is 10.6 Å². The predicted molar refractivity (Wildman–Crippen MR) is 58.9 cm³/mol. The summed E-state index contributed by atoms with van der Waals surface area (Å²) in [7, 11) is 1.99. The van der Waals surface area contributed by atoms with Gasteiger partial charge in [-0.15, -0.1) is 0 Å². The molecule has 0 aliphatic carbocycles. The zero-order valence-corrected chi connectivity index (χ0v) is 9.38. The smallest absolute Gasteiger partial charge is 0.190 e. The number of hydrogen-bond donors (Lipinski definition) is 1. The minimum atomic E-state index is 0.582. The topological polar surface area (TPSA) is 41.6 Å². The number of unbranched alkanes of at least 4 members (excludes halogenated alkanes) is 1. The van der Waals surface area contributed by atoms with Crippen LogP contribution in [-0.4, -0.2) is 31.0 Å². The molecule has 0 aromatic heterocycles. The molecule has 0 atom stereocenters. The summed E-state index contributed by atoms with van der Waals surface area (Å²) in [6.45, 7) is 8.28. The molecule has 0 radical (unpaired) electrons. The van der Waals surface area contributed by atoms with Crippen molar-refractivity contribution >= 4 is 5.96 Å². The molecule has 0 spiro atoms. The quantitative estimate of drug-likeness (QED) is 0.523. The number of aliphatic imine (C=N–C) groups is 1. The first-order valence-corrected chi connectivity index (χ1v) is 5.09. The van der Waals surface area contributed by atoms with Crippen LogP contribution in [0.25, 0.3) is 0 Å². The Bertz CT molecular complexity index is 152. The first-order valence-electron chi connectivity index (χ1n) is 5.09. The number of guanidine groups is 1. The van der Waals surface area contributed by atoms with Crippen molar-refractivity contribution in [2.75, 3.05) is 20.1 Å². The normalized spacial score (nSPS) is 12.2. The summed E-state index contributed by atoms with van der Waals surface area (Å²) in [6.07, 6.45) is 2.37. The van der Waals surface area contributed by atoms with E-state index in [1.807, 2.05) is 11.9 Å². The van der Waals surface area contributed by atoms with Gasteiger partial charge in [0.05, 0.1) is 0 Å². The third-order valence-electron chi connectivity index (χ3n) is 1.86. The van der Waals surface area contributed by atoms with E-state index in [1.54, 1.807) is 0 Å². The third-order valence-corrected chi connectivity index (χ3v) is 1.86. The van der Waals surface area contributed by atoms with E-state index in [1.165, 1.54) is 12.8 Å². The highest BCUT2D eigenvalue weighted by molar-refractivity contribution is 5.77. The van der Waals surface area contributed by atoms with E-state index in [2.05, 4.69) is 25.8 Å². The molecule has 13 heavy (non-hydrogen) atoms. The van der Waals surface area contributed by atoms with Crippen molar-refractivity contribution in [1.29, 1.82) is 0 Å². The molecule has 0 aliphatic rings. The second-order valence-corrected chi connectivity index (χ2v) is 3.87. The van der Waals surface area contributed by atoms with Crippen LogP contribution in [-0.2, 0) is 0 Å². The highest BCUT2D eigenvalue weighted by Crippen LogP contribution is 1.94. The van der Waals surface area contributed by atoms with E-state index < -0.39 is 0 Å². The highest BCUT2D eigenvalue weighted by Gasteiger charge is 2.00. The van der Waals surface area contributed by atoms with Crippen molar-refractivity contribution in [2.45, 2.75) is 33.6 Å². The predicted octanol–water partition coefficient (Wildman–Crippen LogP) is 1.69. The fourth-order valence-corrected chi connectivity index (χ4v) is 0.907. The molecular weight excluding hydrogens is 162 g/mol. The molecule has 0 aromatic carbocycles. The molecule has 0 heterocycles. The molecule has 3 heteroatoms. The summed E-state index contributed by atoms with van der Waals surface area (Å²) in [5, 5.41) is 0. The molecule has 0 saturated carbocycles. The SMILES string of the molecule is CCCCN(C)C(N)=NCC(C)C. The second kappa shape index (κ2) is 6.75. The summed E-state index contributed by atoms with van der Waals surface area (Å²) < 4.78 is 0. The van der Waals surface area contributed by atoms with Gasteiger partial charge in [0.25, 0.3) is 0 Å². The zero-order chi connectivity index (χ0) is 10.3. The Morgan fingerprint density at radius 3 is 2.54 bits per heavy atom. The van der Waals surface area contributed by atoms with E-state index in [0.29, 0.717) is 11.9 Å². The standard InChI is InChI=1S/C10H23N3/c1-5-6-7-13(4)10(11)12-8-9(2)3/h9H,5-8H2,1-4H3,(H2,11,12). The van der Waals surface area contributed by atoms with Gasteiger partial charge in [-0.3, -0.25) is 4.99 Å². The van der Waals surface area contributed by atoms with Crippen LogP contribution in [0.4, 0.5) is 0 Å². The van der Waals surface area contributed by atoms with Gasteiger partial charge in [0, 0.05) is 20.1 Å². The fourth-order valence-electron chi connectivity index (χ4n) is 0.907. The summed E-state index contributed by atoms with van der Waals surface area (Å²) >= 11 is 0. The van der Waals surface area contributed by atoms with Crippen molar-refractivity contribution < 1.29 is 0 Å². The second-order valence-electron chi connectivity index (χ2n) is 3.87. The molecule has 0 fully saturated rings. The van der Waals surface area contributed by atoms with Crippen LogP contribution in [0.2, 0.25) is 0 Å². The van der Waals surface area contributed by atoms with Gasteiger partial charge in [-0.1, -0.05) is 27.2 Å². The van der Waals surface area contributed by atoms with Crippen LogP contribution < -0.4 is 5.73 Å². The Hall–Kier alpha value is -0.730. The number of nitrogens with zero attached hydrogens (tertiary/aromatic N) is 2. The molecule has 0 aromatic rings. The van der Waals surface area contributed by atoms with Crippen molar-refractivity contribution in [3.8, 4) is 0 Å². The van der Waals surface area contributed by atoms with Gasteiger partial charge in [-0.05, 0) is 12.3 Å². The van der Waals surface area contributed by atoms with Crippen LogP contribution in [0.3, 0.4) is 0 Å². The van der Waals surface area contributed by atoms with Gasteiger partial charge in [-0.25, -0.2) is 0 Å². The minimum absolute atomic E-state index is 0.582. The van der Waals surface area contributed by atoms with Gasteiger partial charge >= 0.3 is 0 Å². The van der Waals surface area contributed by atoms with Crippen LogP contribution in [0, 0.1) is 5.92 Å². The average molecular weight is 185 g/mol. The lowest BCUT2D eigenvalue weighted by Crippen LogP contribution is -2.35. The zero-order valence-electron chi connectivity index (χ0n) is 9.38. The van der Waals surface area contributed by atoms with E-state index >= 15 is 0 Å². The van der Waals surface area contributed by atoms with Gasteiger partial charge in [-0.2, -0.15) is 0 Å². The monoisotopic (exact) mass is 185 g/mol. The van der Waals surface area contributed by atoms with Crippen molar-refractivity contribution in [1.82, 2.24) is 4.90 Å². The summed E-state index contributed by atoms with van der Waals surface area (Å²) in [5.74, 6) is 1.25. The number of hydrogen-bond acceptors (Lipinski definition) is 1. The lowest BCUT2D eigenvalue weighted by Gasteiger charge is -2.17. The van der Waals surface area contributed by atoms with Crippen molar-refractivity contribution in [3.63, 3.8) is 0 Å². The molecule has 0 rings (SSSR count). The highest BCUT2D eigenvalue weighted by atomic mass is 15.2. The lowest BCUT2D eigenvalue weighted by atomic mass is 10.2. The van der Waals surface area contributed by atoms with E-state index in [0.717, 1.165) is 13.1 Å². The summed E-state index contributed by atoms with van der Waals surface area (Å²) in [4.78, 5) is 6.32. The Labute approximate surface area is 82.0 Å². The van der Waals surface area contributed by atoms with Crippen LogP contribution >= 0.6 is 0 Å². The molecule has 0 bridgehead atoms. The van der Waals surface area contributed by atoms with Crippen LogP contribution in [0.5, 0.6) is 0 Å². The fraction of sp³-hybridized carbons (Fsp3) is 0.900. The number of rotatable bonds is 5.